The summed E-state index contributed by atoms with van der Waals surface area (Å²) in [6.07, 6.45) is 0. The van der Waals surface area contributed by atoms with Crippen LogP contribution < -0.4 is 5.73 Å². The fraction of sp³-hybridized carbons (Fsp3) is 1.00. The molecule has 0 saturated carbocycles. The first kappa shape index (κ1) is 13.4. The molecule has 5 nitrogen and oxygen atoms in total. The highest BCUT2D eigenvalue weighted by atomic mass is 32.2. The van der Waals surface area contributed by atoms with Crippen LogP contribution in [0, 0.1) is 0 Å². The van der Waals surface area contributed by atoms with Crippen molar-refractivity contribution < 1.29 is 12.6 Å². The first-order valence-corrected chi connectivity index (χ1v) is 4.18. The van der Waals surface area contributed by atoms with Gasteiger partial charge >= 0.3 is 0 Å². The van der Waals surface area contributed by atoms with Crippen LogP contribution in [0.15, 0.2) is 0 Å². The lowest BCUT2D eigenvalue weighted by molar-refractivity contribution is 0.343. The summed E-state index contributed by atoms with van der Waals surface area (Å²) in [5, 5.41) is 0. The first-order valence-electron chi connectivity index (χ1n) is 3.09. The fourth-order valence-corrected chi connectivity index (χ4v) is 0.382. The van der Waals surface area contributed by atoms with Crippen LogP contribution in [-0.2, 0) is 15.2 Å². The molecular formula is C5H16N2O3S. The van der Waals surface area contributed by atoms with Crippen molar-refractivity contribution in [3.05, 3.63) is 0 Å². The number of nitrogens with zero attached hydrogens (tertiary/aromatic N) is 1. The molecule has 0 amide bonds. The Morgan fingerprint density at radius 3 is 1.82 bits per heavy atom. The molecule has 0 heterocycles. The van der Waals surface area contributed by atoms with Gasteiger partial charge in [-0.3, -0.25) is 4.18 Å². The summed E-state index contributed by atoms with van der Waals surface area (Å²) in [6.45, 7) is 0.321. The highest BCUT2D eigenvalue weighted by Crippen LogP contribution is 1.65. The Morgan fingerprint density at radius 2 is 1.73 bits per heavy atom. The summed E-state index contributed by atoms with van der Waals surface area (Å²) < 4.78 is 23.1. The molecule has 0 bridgehead atoms. The summed E-state index contributed by atoms with van der Waals surface area (Å²) in [5.74, 6) is 0. The van der Waals surface area contributed by atoms with E-state index in [1.54, 1.807) is 0 Å². The largest absolute Gasteiger partial charge is 0.328 e. The maximum atomic E-state index is 9.52. The maximum absolute atomic E-state index is 9.52. The second kappa shape index (κ2) is 9.83. The van der Waals surface area contributed by atoms with Gasteiger partial charge in [-0.15, -0.1) is 0 Å². The Balaban J connectivity index is 0. The normalized spacial score (nSPS) is 9.64. The highest BCUT2D eigenvalue weighted by Gasteiger charge is 1.79. The summed E-state index contributed by atoms with van der Waals surface area (Å²) in [7, 11) is 3.31. The van der Waals surface area contributed by atoms with Crippen molar-refractivity contribution in [2.75, 3.05) is 34.3 Å². The van der Waals surface area contributed by atoms with E-state index in [2.05, 4.69) is 4.18 Å². The van der Waals surface area contributed by atoms with Crippen molar-refractivity contribution in [3.63, 3.8) is 0 Å². The molecule has 0 aliphatic rings. The van der Waals surface area contributed by atoms with Crippen molar-refractivity contribution in [1.82, 2.24) is 4.90 Å². The minimum Gasteiger partial charge on any atom is -0.328 e. The van der Waals surface area contributed by atoms with Gasteiger partial charge in [0.25, 0.3) is 11.0 Å². The molecule has 6 heteroatoms. The summed E-state index contributed by atoms with van der Waals surface area (Å²) in [5.41, 5.74) is 4.88. The van der Waals surface area contributed by atoms with Crippen LogP contribution >= 0.6 is 0 Å². The van der Waals surface area contributed by atoms with Crippen LogP contribution in [0.2, 0.25) is 0 Å². The van der Waals surface area contributed by atoms with E-state index in [1.165, 1.54) is 0 Å². The van der Waals surface area contributed by atoms with Gasteiger partial charge in [0.15, 0.2) is 0 Å². The Kier molecular flexibility index (Phi) is 12.0. The standard InChI is InChI=1S/C3H9N.C2H7NO3S/c1-4(2)3;3-1-2-6-7(4)5/h1-3H3;7H,1-3H2. The first-order chi connectivity index (χ1) is 5.00. The quantitative estimate of drug-likeness (QED) is 0.531. The molecule has 70 valence electrons. The van der Waals surface area contributed by atoms with Gasteiger partial charge in [-0.2, -0.15) is 0 Å². The monoisotopic (exact) mass is 184 g/mol. The van der Waals surface area contributed by atoms with Gasteiger partial charge in [0.2, 0.25) is 0 Å². The molecule has 0 unspecified atom stereocenters. The van der Waals surface area contributed by atoms with E-state index in [0.717, 1.165) is 0 Å². The molecule has 0 spiro atoms. The van der Waals surface area contributed by atoms with Gasteiger partial charge < -0.3 is 10.6 Å². The van der Waals surface area contributed by atoms with Crippen LogP contribution in [0.4, 0.5) is 0 Å². The molecule has 0 aromatic rings. The van der Waals surface area contributed by atoms with Gasteiger partial charge in [0.1, 0.15) is 0 Å². The van der Waals surface area contributed by atoms with Crippen LogP contribution in [0.5, 0.6) is 0 Å². The molecule has 0 aliphatic heterocycles. The third-order valence-corrected chi connectivity index (χ3v) is 0.708. The number of rotatable bonds is 3. The average Bonchev–Trinajstić information content (AvgIpc) is 1.82. The molecule has 0 saturated heterocycles. The van der Waals surface area contributed by atoms with E-state index < -0.39 is 11.0 Å². The smallest absolute Gasteiger partial charge is 0.257 e. The molecule has 0 atom stereocenters. The van der Waals surface area contributed by atoms with Gasteiger partial charge in [0.05, 0.1) is 6.61 Å². The molecular weight excluding hydrogens is 168 g/mol. The van der Waals surface area contributed by atoms with E-state index in [0.29, 0.717) is 0 Å². The second-order valence-corrected chi connectivity index (χ2v) is 2.89. The van der Waals surface area contributed by atoms with Crippen molar-refractivity contribution in [3.8, 4) is 0 Å². The molecule has 11 heavy (non-hydrogen) atoms. The van der Waals surface area contributed by atoms with E-state index >= 15 is 0 Å². The zero-order valence-electron chi connectivity index (χ0n) is 7.11. The number of hydrogen-bond donors (Lipinski definition) is 2. The molecule has 0 radical (unpaired) electrons. The minimum atomic E-state index is -2.69. The Labute approximate surface area is 69.3 Å². The third-order valence-electron chi connectivity index (χ3n) is 0.315. The molecule has 0 aliphatic carbocycles. The highest BCUT2D eigenvalue weighted by molar-refractivity contribution is 7.67. The van der Waals surface area contributed by atoms with Crippen molar-refractivity contribution in [2.24, 2.45) is 5.73 Å². The lowest BCUT2D eigenvalue weighted by atomic mass is 10.8. The van der Waals surface area contributed by atoms with Crippen molar-refractivity contribution in [2.45, 2.75) is 0 Å². The van der Waals surface area contributed by atoms with E-state index in [-0.39, 0.29) is 13.2 Å². The summed E-state index contributed by atoms with van der Waals surface area (Å²) >= 11 is 0. The SMILES string of the molecule is CN(C)C.NCCO[SH](=O)=O. The number of thiol groups is 1. The van der Waals surface area contributed by atoms with Crippen LogP contribution in [0.1, 0.15) is 0 Å². The van der Waals surface area contributed by atoms with Crippen molar-refractivity contribution >= 4 is 11.0 Å². The van der Waals surface area contributed by atoms with Crippen LogP contribution in [-0.4, -0.2) is 47.6 Å². The lowest BCUT2D eigenvalue weighted by Crippen LogP contribution is -2.06. The summed E-state index contributed by atoms with van der Waals surface area (Å²) in [6, 6.07) is 0. The predicted molar refractivity (Wildman–Crippen MR) is 44.9 cm³/mol. The molecule has 0 aromatic carbocycles. The van der Waals surface area contributed by atoms with E-state index in [4.69, 9.17) is 5.73 Å². The van der Waals surface area contributed by atoms with E-state index in [1.807, 2.05) is 26.0 Å². The Hall–Kier alpha value is -0.170. The zero-order chi connectivity index (χ0) is 9.28. The minimum absolute atomic E-state index is 0.0820. The van der Waals surface area contributed by atoms with Crippen LogP contribution in [0.3, 0.4) is 0 Å². The average molecular weight is 184 g/mol. The topological polar surface area (TPSA) is 72.6 Å². The predicted octanol–water partition coefficient (Wildman–Crippen LogP) is -1.33. The van der Waals surface area contributed by atoms with Crippen LogP contribution in [0.25, 0.3) is 0 Å². The van der Waals surface area contributed by atoms with Crippen molar-refractivity contribution in [1.29, 1.82) is 0 Å². The summed E-state index contributed by atoms with van der Waals surface area (Å²) in [4.78, 5) is 2.00. The molecule has 0 rings (SSSR count). The fourth-order valence-electron chi connectivity index (χ4n) is 0.127. The zero-order valence-corrected chi connectivity index (χ0v) is 8.01. The second-order valence-electron chi connectivity index (χ2n) is 2.19. The third kappa shape index (κ3) is 41.1. The van der Waals surface area contributed by atoms with E-state index in [9.17, 15) is 8.42 Å². The van der Waals surface area contributed by atoms with Gasteiger partial charge in [-0.1, -0.05) is 0 Å². The Bertz CT molecular complexity index is 125. The van der Waals surface area contributed by atoms with Gasteiger partial charge in [0, 0.05) is 6.54 Å². The Morgan fingerprint density at radius 1 is 1.36 bits per heavy atom. The van der Waals surface area contributed by atoms with Gasteiger partial charge in [-0.05, 0) is 21.1 Å². The lowest BCUT2D eigenvalue weighted by Gasteiger charge is -1.90. The molecule has 0 aromatic heterocycles. The number of hydrogen-bond acceptors (Lipinski definition) is 5. The maximum Gasteiger partial charge on any atom is 0.257 e. The number of nitrogens with two attached hydrogens (primary N) is 1. The molecule has 2 N–H and O–H groups in total. The molecule has 0 fully saturated rings. The van der Waals surface area contributed by atoms with Gasteiger partial charge in [-0.25, -0.2) is 8.42 Å².